The van der Waals surface area contributed by atoms with Gasteiger partial charge in [0.2, 0.25) is 11.8 Å². The Morgan fingerprint density at radius 3 is 2.34 bits per heavy atom. The van der Waals surface area contributed by atoms with Crippen LogP contribution in [0.3, 0.4) is 0 Å². The second-order valence-corrected chi connectivity index (χ2v) is 15.5. The number of carbonyl (C=O) groups excluding carboxylic acids is 2. The summed E-state index contributed by atoms with van der Waals surface area (Å²) in [6, 6.07) is 6.76. The van der Waals surface area contributed by atoms with Crippen LogP contribution in [-0.4, -0.2) is 60.5 Å². The summed E-state index contributed by atoms with van der Waals surface area (Å²) in [6.07, 6.45) is 10.7. The van der Waals surface area contributed by atoms with Crippen LogP contribution in [0.5, 0.6) is 0 Å². The van der Waals surface area contributed by atoms with Gasteiger partial charge in [0, 0.05) is 30.5 Å². The van der Waals surface area contributed by atoms with Crippen LogP contribution >= 0.6 is 11.3 Å². The molecule has 1 saturated heterocycles. The van der Waals surface area contributed by atoms with Gasteiger partial charge in [0.25, 0.3) is 0 Å². The number of rotatable bonds is 8. The number of amides is 2. The number of thiazole rings is 1. The van der Waals surface area contributed by atoms with Gasteiger partial charge in [0.1, 0.15) is 12.1 Å². The van der Waals surface area contributed by atoms with Gasteiger partial charge in [-0.05, 0) is 94.1 Å². The van der Waals surface area contributed by atoms with Crippen molar-refractivity contribution in [3.05, 3.63) is 52.9 Å². The highest BCUT2D eigenvalue weighted by Gasteiger charge is 2.58. The van der Waals surface area contributed by atoms with E-state index in [1.807, 2.05) is 42.4 Å². The van der Waals surface area contributed by atoms with E-state index in [1.165, 1.54) is 19.3 Å². The van der Waals surface area contributed by atoms with Crippen LogP contribution < -0.4 is 5.32 Å². The number of benzene rings is 1. The Kier molecular flexibility index (Phi) is 6.94. The van der Waals surface area contributed by atoms with Crippen LogP contribution in [0.2, 0.25) is 0 Å². The van der Waals surface area contributed by atoms with Gasteiger partial charge in [-0.15, -0.1) is 16.4 Å². The Hall–Kier alpha value is -3.11. The molecule has 4 bridgehead atoms. The lowest BCUT2D eigenvalue weighted by Crippen LogP contribution is -2.56. The molecule has 2 N–H and O–H groups in total. The zero-order chi connectivity index (χ0) is 30.2. The van der Waals surface area contributed by atoms with Crippen molar-refractivity contribution < 1.29 is 14.7 Å². The number of aryl methyl sites for hydroxylation is 1. The molecule has 10 heteroatoms. The molecule has 4 atom stereocenters. The number of aliphatic hydroxyl groups excluding tert-OH is 1. The van der Waals surface area contributed by atoms with Gasteiger partial charge in [0.05, 0.1) is 33.9 Å². The van der Waals surface area contributed by atoms with Crippen molar-refractivity contribution >= 4 is 23.2 Å². The molecule has 3 aromatic rings. The summed E-state index contributed by atoms with van der Waals surface area (Å²) in [5.41, 5.74) is 5.77. The van der Waals surface area contributed by atoms with E-state index in [1.54, 1.807) is 16.2 Å². The first-order valence-corrected chi connectivity index (χ1v) is 17.4. The number of hydrogen-bond donors (Lipinski definition) is 2. The number of likely N-dealkylation sites (tertiary alicyclic amines) is 1. The van der Waals surface area contributed by atoms with Crippen LogP contribution in [0.25, 0.3) is 10.4 Å². The molecule has 2 amide bonds. The summed E-state index contributed by atoms with van der Waals surface area (Å²) in [5.74, 6) is 2.15. The molecule has 232 valence electrons. The summed E-state index contributed by atoms with van der Waals surface area (Å²) < 4.78 is 1.86. The van der Waals surface area contributed by atoms with E-state index in [-0.39, 0.29) is 36.2 Å². The minimum atomic E-state index is -0.735. The molecule has 1 aromatic carbocycles. The first-order valence-electron chi connectivity index (χ1n) is 16.5. The van der Waals surface area contributed by atoms with Crippen LogP contribution in [0.15, 0.2) is 36.0 Å². The maximum Gasteiger partial charge on any atom is 0.248 e. The Balaban J connectivity index is 1.04. The third-order valence-corrected chi connectivity index (χ3v) is 12.3. The van der Waals surface area contributed by atoms with Gasteiger partial charge < -0.3 is 15.3 Å². The fourth-order valence-electron chi connectivity index (χ4n) is 9.51. The molecule has 44 heavy (non-hydrogen) atoms. The van der Waals surface area contributed by atoms with Crippen molar-refractivity contribution in [3.8, 4) is 10.4 Å². The molecule has 3 heterocycles. The van der Waals surface area contributed by atoms with Crippen molar-refractivity contribution in [1.29, 1.82) is 0 Å². The van der Waals surface area contributed by atoms with Crippen molar-refractivity contribution in [2.75, 3.05) is 6.54 Å². The van der Waals surface area contributed by atoms with Gasteiger partial charge in [-0.2, -0.15) is 0 Å². The molecule has 1 aliphatic heterocycles. The molecule has 5 saturated carbocycles. The third kappa shape index (κ3) is 4.98. The summed E-state index contributed by atoms with van der Waals surface area (Å²) in [7, 11) is 0. The van der Waals surface area contributed by atoms with Crippen molar-refractivity contribution in [1.82, 2.24) is 30.2 Å². The molecule has 4 unspecified atom stereocenters. The summed E-state index contributed by atoms with van der Waals surface area (Å²) in [6.45, 7) is 4.14. The maximum atomic E-state index is 14.8. The highest BCUT2D eigenvalue weighted by molar-refractivity contribution is 7.13. The van der Waals surface area contributed by atoms with Crippen molar-refractivity contribution in [2.45, 2.75) is 102 Å². The zero-order valence-electron chi connectivity index (χ0n) is 25.6. The number of carbonyl (C=O) groups is 2. The molecule has 9 nitrogen and oxygen atoms in total. The number of aromatic nitrogens is 4. The van der Waals surface area contributed by atoms with Gasteiger partial charge in [-0.1, -0.05) is 29.5 Å². The Morgan fingerprint density at radius 2 is 1.73 bits per heavy atom. The zero-order valence-corrected chi connectivity index (χ0v) is 26.4. The first kappa shape index (κ1) is 28.4. The Bertz CT molecular complexity index is 1530. The molecule has 2 aromatic heterocycles. The smallest absolute Gasteiger partial charge is 0.248 e. The monoisotopic (exact) mass is 614 g/mol. The van der Waals surface area contributed by atoms with E-state index in [2.05, 4.69) is 32.7 Å². The number of nitrogens with zero attached hydrogens (tertiary/aromatic N) is 5. The van der Waals surface area contributed by atoms with Gasteiger partial charge >= 0.3 is 0 Å². The lowest BCUT2D eigenvalue weighted by molar-refractivity contribution is -0.154. The average molecular weight is 615 g/mol. The van der Waals surface area contributed by atoms with Gasteiger partial charge in [-0.25, -0.2) is 9.67 Å². The van der Waals surface area contributed by atoms with Crippen molar-refractivity contribution in [3.63, 3.8) is 0 Å². The predicted molar refractivity (Wildman–Crippen MR) is 167 cm³/mol. The van der Waals surface area contributed by atoms with E-state index < -0.39 is 18.2 Å². The maximum absolute atomic E-state index is 14.8. The van der Waals surface area contributed by atoms with Crippen LogP contribution in [0.4, 0.5) is 0 Å². The minimum Gasteiger partial charge on any atom is -0.391 e. The van der Waals surface area contributed by atoms with Crippen LogP contribution in [0.1, 0.15) is 99.7 Å². The van der Waals surface area contributed by atoms with E-state index in [9.17, 15) is 14.7 Å². The fourth-order valence-corrected chi connectivity index (χ4v) is 10.3. The van der Waals surface area contributed by atoms with Crippen molar-refractivity contribution in [2.24, 2.45) is 23.2 Å². The molecule has 6 fully saturated rings. The minimum absolute atomic E-state index is 0.0761. The lowest BCUT2D eigenvalue weighted by Gasteiger charge is -2.59. The summed E-state index contributed by atoms with van der Waals surface area (Å²) in [4.78, 5) is 35.8. The molecular formula is C34H42N6O3S. The number of nitrogens with one attached hydrogen (secondary N) is 1. The second-order valence-electron chi connectivity index (χ2n) is 14.6. The molecule has 6 aliphatic rings. The topological polar surface area (TPSA) is 113 Å². The normalized spacial score (nSPS) is 32.2. The molecule has 0 spiro atoms. The Morgan fingerprint density at radius 1 is 1.05 bits per heavy atom. The average Bonchev–Trinajstić information content (AvgIpc) is 3.36. The largest absolute Gasteiger partial charge is 0.391 e. The van der Waals surface area contributed by atoms with Crippen LogP contribution in [0, 0.1) is 30.1 Å². The summed E-state index contributed by atoms with van der Waals surface area (Å²) >= 11 is 1.62. The predicted octanol–water partition coefficient (Wildman–Crippen LogP) is 5.18. The van der Waals surface area contributed by atoms with Gasteiger partial charge in [-0.3, -0.25) is 9.59 Å². The van der Waals surface area contributed by atoms with Crippen LogP contribution in [-0.2, 0) is 9.59 Å². The highest BCUT2D eigenvalue weighted by atomic mass is 32.1. The second kappa shape index (κ2) is 10.8. The molecule has 5 aliphatic carbocycles. The van der Waals surface area contributed by atoms with Gasteiger partial charge in [0.15, 0.2) is 0 Å². The van der Waals surface area contributed by atoms with E-state index in [0.29, 0.717) is 23.7 Å². The number of β-amino-alcohol motifs (C(OH)–C–C–N with tert-alkyl or cyclic N) is 1. The fraction of sp³-hybridized carbons (Fsp3) is 0.618. The lowest BCUT2D eigenvalue weighted by atomic mass is 9.47. The van der Waals surface area contributed by atoms with E-state index in [0.717, 1.165) is 59.5 Å². The quantitative estimate of drug-likeness (QED) is 0.361. The van der Waals surface area contributed by atoms with E-state index >= 15 is 0 Å². The molecular weight excluding hydrogens is 572 g/mol. The SMILES string of the molecule is Cc1ncsc1-c1ccc(C(C)NC(=O)C2CC(O)CN2C(=O)C(n2cc(C3CC3)nn2)C23CC4CC(CC(C4)C2)C3)cc1. The number of aliphatic hydroxyl groups is 1. The third-order valence-electron chi connectivity index (χ3n) is 11.3. The first-order chi connectivity index (χ1) is 21.3. The van der Waals surface area contributed by atoms with E-state index in [4.69, 9.17) is 0 Å². The molecule has 0 radical (unpaired) electrons. The summed E-state index contributed by atoms with van der Waals surface area (Å²) in [5, 5.41) is 23.1. The number of hydrogen-bond acceptors (Lipinski definition) is 7. The standard InChI is InChI=1S/C34H42N6O3S/c1-19(24-3-7-26(8-4-24)30-20(2)35-18-44-30)36-32(42)29-12-27(41)16-39(29)33(43)31(40-17-28(37-38-40)25-5-6-25)34-13-21-9-22(14-34)11-23(10-21)15-34/h3-4,7-8,17-19,21-23,25,27,29,31,41H,5-6,9-16H2,1-2H3,(H,36,42). The Labute approximate surface area is 262 Å². The molecule has 9 rings (SSSR count). The highest BCUT2D eigenvalue weighted by Crippen LogP contribution is 2.64.